The Labute approximate surface area is 166 Å². The van der Waals surface area contributed by atoms with Gasteiger partial charge in [0.15, 0.2) is 5.82 Å². The molecule has 1 N–H and O–H groups in total. The zero-order valence-corrected chi connectivity index (χ0v) is 15.1. The number of nitrogens with one attached hydrogen (secondary N) is 1. The Balaban J connectivity index is 1.75. The van der Waals surface area contributed by atoms with E-state index in [0.29, 0.717) is 11.6 Å². The van der Waals surface area contributed by atoms with Crippen molar-refractivity contribution < 1.29 is 22.9 Å². The van der Waals surface area contributed by atoms with E-state index >= 15 is 0 Å². The number of aromatic nitrogens is 3. The molecule has 0 bridgehead atoms. The molecule has 3 aromatic rings. The molecule has 0 aliphatic heterocycles. The molecule has 0 saturated carbocycles. The van der Waals surface area contributed by atoms with Crippen molar-refractivity contribution >= 4 is 28.9 Å². The number of non-ortho nitro benzene ring substituents is 1. The normalized spacial score (nSPS) is 11.3. The molecule has 1 heterocycles. The molecule has 12 heteroatoms. The summed E-state index contributed by atoms with van der Waals surface area (Å²) in [6.07, 6.45) is -3.50. The van der Waals surface area contributed by atoms with Crippen molar-refractivity contribution in [3.63, 3.8) is 0 Å². The summed E-state index contributed by atoms with van der Waals surface area (Å²) >= 11 is 5.60. The molecule has 0 radical (unpaired) electrons. The molecule has 150 valence electrons. The Bertz CT molecular complexity index is 1080. The Hall–Kier alpha value is -3.47. The number of benzene rings is 2. The fraction of sp³-hybridized carbons (Fsp3) is 0.118. The van der Waals surface area contributed by atoms with Gasteiger partial charge in [0.2, 0.25) is 5.91 Å². The van der Waals surface area contributed by atoms with Crippen LogP contribution in [0.1, 0.15) is 5.56 Å². The maximum absolute atomic E-state index is 13.1. The van der Waals surface area contributed by atoms with Gasteiger partial charge < -0.3 is 5.32 Å². The summed E-state index contributed by atoms with van der Waals surface area (Å²) in [6, 6.07) is 8.58. The summed E-state index contributed by atoms with van der Waals surface area (Å²) in [5, 5.41) is 16.9. The number of rotatable bonds is 5. The molecule has 3 rings (SSSR count). The van der Waals surface area contributed by atoms with E-state index in [9.17, 15) is 28.1 Å². The Morgan fingerprint density at radius 3 is 2.69 bits per heavy atom. The maximum atomic E-state index is 13.1. The molecule has 0 aliphatic rings. The van der Waals surface area contributed by atoms with Crippen molar-refractivity contribution in [2.75, 3.05) is 5.32 Å². The lowest BCUT2D eigenvalue weighted by Crippen LogP contribution is -2.21. The Morgan fingerprint density at radius 1 is 1.24 bits per heavy atom. The first kappa shape index (κ1) is 20.3. The molecule has 29 heavy (non-hydrogen) atoms. The third-order valence-corrected chi connectivity index (χ3v) is 3.95. The van der Waals surface area contributed by atoms with Crippen LogP contribution in [-0.4, -0.2) is 25.6 Å². The molecule has 0 spiro atoms. The van der Waals surface area contributed by atoms with E-state index in [4.69, 9.17) is 11.6 Å². The second-order valence-corrected chi connectivity index (χ2v) is 6.25. The summed E-state index contributed by atoms with van der Waals surface area (Å²) < 4.78 is 40.4. The molecule has 1 amide bonds. The monoisotopic (exact) mass is 425 g/mol. The van der Waals surface area contributed by atoms with E-state index < -0.39 is 34.8 Å². The third-order valence-electron chi connectivity index (χ3n) is 3.72. The fourth-order valence-corrected chi connectivity index (χ4v) is 2.63. The number of anilines is 1. The summed E-state index contributed by atoms with van der Waals surface area (Å²) in [5.74, 6) is -0.641. The highest BCUT2D eigenvalue weighted by molar-refractivity contribution is 6.30. The molecule has 0 atom stereocenters. The van der Waals surface area contributed by atoms with E-state index in [0.717, 1.165) is 10.7 Å². The van der Waals surface area contributed by atoms with Crippen LogP contribution in [0.2, 0.25) is 5.02 Å². The third kappa shape index (κ3) is 4.88. The topological polar surface area (TPSA) is 103 Å². The van der Waals surface area contributed by atoms with E-state index in [1.165, 1.54) is 30.6 Å². The van der Waals surface area contributed by atoms with Crippen LogP contribution in [-0.2, 0) is 17.5 Å². The average molecular weight is 426 g/mol. The lowest BCUT2D eigenvalue weighted by molar-refractivity contribution is -0.384. The van der Waals surface area contributed by atoms with Crippen molar-refractivity contribution in [3.05, 3.63) is 69.5 Å². The van der Waals surface area contributed by atoms with Gasteiger partial charge in [-0.3, -0.25) is 14.9 Å². The number of carbonyl (C=O) groups is 1. The summed E-state index contributed by atoms with van der Waals surface area (Å²) in [5.41, 5.74) is -1.31. The average Bonchev–Trinajstić information content (AvgIpc) is 3.11. The van der Waals surface area contributed by atoms with Crippen molar-refractivity contribution in [3.8, 4) is 11.4 Å². The number of nitrogens with zero attached hydrogens (tertiary/aromatic N) is 4. The van der Waals surface area contributed by atoms with Crippen LogP contribution < -0.4 is 5.32 Å². The molecule has 0 saturated heterocycles. The van der Waals surface area contributed by atoms with E-state index in [-0.39, 0.29) is 16.5 Å². The van der Waals surface area contributed by atoms with E-state index in [1.807, 2.05) is 0 Å². The number of carbonyl (C=O) groups excluding carboxylic acids is 1. The van der Waals surface area contributed by atoms with Crippen molar-refractivity contribution in [2.24, 2.45) is 0 Å². The van der Waals surface area contributed by atoms with Gasteiger partial charge in [-0.05, 0) is 18.2 Å². The Kier molecular flexibility index (Phi) is 5.50. The highest BCUT2D eigenvalue weighted by atomic mass is 35.5. The van der Waals surface area contributed by atoms with Crippen LogP contribution in [0.25, 0.3) is 11.4 Å². The van der Waals surface area contributed by atoms with Crippen LogP contribution in [0, 0.1) is 10.1 Å². The van der Waals surface area contributed by atoms with Gasteiger partial charge in [0.05, 0.1) is 16.2 Å². The molecular formula is C17H11ClF3N5O3. The maximum Gasteiger partial charge on any atom is 0.418 e. The van der Waals surface area contributed by atoms with Crippen LogP contribution >= 0.6 is 11.6 Å². The lowest BCUT2D eigenvalue weighted by Gasteiger charge is -2.14. The van der Waals surface area contributed by atoms with Crippen molar-refractivity contribution in [2.45, 2.75) is 12.7 Å². The second kappa shape index (κ2) is 7.87. The predicted molar refractivity (Wildman–Crippen MR) is 97.2 cm³/mol. The first-order chi connectivity index (χ1) is 13.6. The minimum atomic E-state index is -4.70. The number of amides is 1. The number of nitro benzene ring substituents is 1. The molecule has 2 aromatic carbocycles. The van der Waals surface area contributed by atoms with Crippen LogP contribution in [0.5, 0.6) is 0 Å². The van der Waals surface area contributed by atoms with Crippen LogP contribution in [0.15, 0.2) is 48.8 Å². The molecule has 0 fully saturated rings. The molecule has 0 unspecified atom stereocenters. The standard InChI is InChI=1S/C17H11ClF3N5O3/c18-11-4-5-14(13(7-11)17(19,20)21)23-15(27)8-25-9-22-16(24-25)10-2-1-3-12(6-10)26(28)29/h1-7,9H,8H2,(H,23,27). The minimum absolute atomic E-state index is 0.117. The predicted octanol–water partition coefficient (Wildman–Crippen LogP) is 4.16. The van der Waals surface area contributed by atoms with Gasteiger partial charge in [0.1, 0.15) is 12.9 Å². The number of alkyl halides is 3. The summed E-state index contributed by atoms with van der Waals surface area (Å²) in [6.45, 7) is -0.415. The lowest BCUT2D eigenvalue weighted by atomic mass is 10.1. The first-order valence-corrected chi connectivity index (χ1v) is 8.32. The number of nitro groups is 1. The summed E-state index contributed by atoms with van der Waals surface area (Å²) in [7, 11) is 0. The minimum Gasteiger partial charge on any atom is -0.324 e. The summed E-state index contributed by atoms with van der Waals surface area (Å²) in [4.78, 5) is 26.4. The van der Waals surface area contributed by atoms with Gasteiger partial charge in [-0.2, -0.15) is 18.3 Å². The van der Waals surface area contributed by atoms with Gasteiger partial charge in [-0.25, -0.2) is 9.67 Å². The molecular weight excluding hydrogens is 415 g/mol. The number of hydrogen-bond acceptors (Lipinski definition) is 5. The zero-order valence-electron chi connectivity index (χ0n) is 14.4. The molecule has 0 aliphatic carbocycles. The fourth-order valence-electron chi connectivity index (χ4n) is 2.46. The zero-order chi connectivity index (χ0) is 21.2. The quantitative estimate of drug-likeness (QED) is 0.488. The van der Waals surface area contributed by atoms with Gasteiger partial charge in [0, 0.05) is 22.7 Å². The number of hydrogen-bond donors (Lipinski definition) is 1. The van der Waals surface area contributed by atoms with Gasteiger partial charge in [-0.1, -0.05) is 23.7 Å². The SMILES string of the molecule is O=C(Cn1cnc(-c2cccc([N+](=O)[O-])c2)n1)Nc1ccc(Cl)cc1C(F)(F)F. The Morgan fingerprint density at radius 2 is 2.00 bits per heavy atom. The largest absolute Gasteiger partial charge is 0.418 e. The van der Waals surface area contributed by atoms with Crippen LogP contribution in [0.4, 0.5) is 24.5 Å². The highest BCUT2D eigenvalue weighted by Gasteiger charge is 2.34. The smallest absolute Gasteiger partial charge is 0.324 e. The molecule has 1 aromatic heterocycles. The second-order valence-electron chi connectivity index (χ2n) is 5.81. The van der Waals surface area contributed by atoms with E-state index in [1.54, 1.807) is 6.07 Å². The molecule has 8 nitrogen and oxygen atoms in total. The van der Waals surface area contributed by atoms with E-state index in [2.05, 4.69) is 15.4 Å². The van der Waals surface area contributed by atoms with Gasteiger partial charge in [0.25, 0.3) is 5.69 Å². The first-order valence-electron chi connectivity index (χ1n) is 7.94. The number of halogens is 4. The van der Waals surface area contributed by atoms with Gasteiger partial charge in [-0.15, -0.1) is 0 Å². The van der Waals surface area contributed by atoms with Crippen molar-refractivity contribution in [1.82, 2.24) is 14.8 Å². The highest BCUT2D eigenvalue weighted by Crippen LogP contribution is 2.36. The van der Waals surface area contributed by atoms with Gasteiger partial charge >= 0.3 is 6.18 Å². The van der Waals surface area contributed by atoms with Crippen LogP contribution in [0.3, 0.4) is 0 Å². The van der Waals surface area contributed by atoms with Crippen molar-refractivity contribution in [1.29, 1.82) is 0 Å².